The summed E-state index contributed by atoms with van der Waals surface area (Å²) in [5.74, 6) is -2.48. The number of carbonyl (C=O) groups is 4. The van der Waals surface area contributed by atoms with Crippen molar-refractivity contribution >= 4 is 33.8 Å². The Kier molecular flexibility index (Phi) is 10.2. The number of benzene rings is 2. The number of hydrogen-bond acceptors (Lipinski definition) is 7. The van der Waals surface area contributed by atoms with Gasteiger partial charge in [-0.1, -0.05) is 81.4 Å². The number of rotatable bonds is 11. The highest BCUT2D eigenvalue weighted by atomic mass is 32.2. The maximum atomic E-state index is 14.7. The van der Waals surface area contributed by atoms with Crippen LogP contribution in [0.4, 0.5) is 4.79 Å². The second kappa shape index (κ2) is 13.7. The summed E-state index contributed by atoms with van der Waals surface area (Å²) in [6.45, 7) is 14.7. The van der Waals surface area contributed by atoms with E-state index in [0.717, 1.165) is 16.7 Å². The van der Waals surface area contributed by atoms with Crippen molar-refractivity contribution in [1.82, 2.24) is 25.6 Å². The number of sulfonamides is 1. The third-order valence-electron chi connectivity index (χ3n) is 9.95. The minimum Gasteiger partial charge on any atom is -0.372 e. The van der Waals surface area contributed by atoms with E-state index >= 15 is 0 Å². The van der Waals surface area contributed by atoms with E-state index in [1.165, 1.54) is 18.1 Å². The van der Waals surface area contributed by atoms with Gasteiger partial charge in [-0.3, -0.25) is 19.1 Å². The molecule has 12 nitrogen and oxygen atoms in total. The van der Waals surface area contributed by atoms with Crippen molar-refractivity contribution in [2.24, 2.45) is 11.3 Å². The summed E-state index contributed by atoms with van der Waals surface area (Å²) in [4.78, 5) is 57.1. The normalized spacial score (nSPS) is 25.4. The van der Waals surface area contributed by atoms with Crippen LogP contribution in [-0.4, -0.2) is 79.1 Å². The van der Waals surface area contributed by atoms with Crippen molar-refractivity contribution in [3.63, 3.8) is 0 Å². The summed E-state index contributed by atoms with van der Waals surface area (Å²) in [7, 11) is -2.37. The SMILES string of the molecule is C=C[C@@H]1C[C@]1(NC(=O)[C@@H]1C[C@@](OC)(c2ccc(-c3ccccc3)cc2)CN1C(=O)C(NC(=O)NC(C)(C)C)C(C)(C)C)C(=O)NS(=O)(=O)C1CC1. The molecule has 13 heteroatoms. The van der Waals surface area contributed by atoms with Crippen molar-refractivity contribution < 1.29 is 32.3 Å². The van der Waals surface area contributed by atoms with E-state index in [2.05, 4.69) is 27.3 Å². The number of urea groups is 1. The molecular weight excluding hydrogens is 671 g/mol. The van der Waals surface area contributed by atoms with Gasteiger partial charge in [-0.05, 0) is 62.1 Å². The Morgan fingerprint density at radius 3 is 2.06 bits per heavy atom. The number of nitrogens with zero attached hydrogens (tertiary/aromatic N) is 1. The van der Waals surface area contributed by atoms with Gasteiger partial charge in [0.25, 0.3) is 5.91 Å². The van der Waals surface area contributed by atoms with Gasteiger partial charge in [0.2, 0.25) is 21.8 Å². The highest BCUT2D eigenvalue weighted by Gasteiger charge is 2.62. The lowest BCUT2D eigenvalue weighted by Gasteiger charge is -2.36. The van der Waals surface area contributed by atoms with Crippen LogP contribution in [0.3, 0.4) is 0 Å². The molecule has 4 N–H and O–H groups in total. The van der Waals surface area contributed by atoms with Gasteiger partial charge in [0.1, 0.15) is 23.2 Å². The molecule has 1 heterocycles. The molecule has 2 aliphatic carbocycles. The third-order valence-corrected chi connectivity index (χ3v) is 11.8. The number of nitrogens with one attached hydrogen (secondary N) is 4. The number of carbonyl (C=O) groups excluding carboxylic acids is 4. The van der Waals surface area contributed by atoms with Crippen molar-refractivity contribution in [3.05, 3.63) is 72.8 Å². The van der Waals surface area contributed by atoms with E-state index in [9.17, 15) is 27.6 Å². The fraction of sp³-hybridized carbons (Fsp3) is 0.526. The van der Waals surface area contributed by atoms with Crippen LogP contribution in [0.25, 0.3) is 11.1 Å². The fourth-order valence-corrected chi connectivity index (χ4v) is 8.12. The van der Waals surface area contributed by atoms with Crippen LogP contribution in [0, 0.1) is 11.3 Å². The van der Waals surface area contributed by atoms with E-state index in [1.54, 1.807) is 0 Å². The molecule has 2 aromatic carbocycles. The molecule has 3 fully saturated rings. The first-order chi connectivity index (χ1) is 23.7. The number of methoxy groups -OCH3 is 1. The van der Waals surface area contributed by atoms with Crippen molar-refractivity contribution in [2.75, 3.05) is 13.7 Å². The summed E-state index contributed by atoms with van der Waals surface area (Å²) < 4.78 is 33.8. The predicted molar refractivity (Wildman–Crippen MR) is 195 cm³/mol. The van der Waals surface area contributed by atoms with Crippen LogP contribution in [-0.2, 0) is 34.7 Å². The molecule has 0 bridgehead atoms. The van der Waals surface area contributed by atoms with E-state index in [0.29, 0.717) is 12.8 Å². The number of amides is 5. The number of hydrogen-bond donors (Lipinski definition) is 4. The Labute approximate surface area is 301 Å². The summed E-state index contributed by atoms with van der Waals surface area (Å²) in [5.41, 5.74) is -1.28. The van der Waals surface area contributed by atoms with E-state index in [1.807, 2.05) is 96.1 Å². The zero-order chi connectivity index (χ0) is 37.6. The Morgan fingerprint density at radius 1 is 0.941 bits per heavy atom. The van der Waals surface area contributed by atoms with Crippen LogP contribution in [0.15, 0.2) is 67.3 Å². The second-order valence-corrected chi connectivity index (χ2v) is 18.1. The summed E-state index contributed by atoms with van der Waals surface area (Å²) in [6, 6.07) is 14.9. The topological polar surface area (TPSA) is 163 Å². The largest absolute Gasteiger partial charge is 0.372 e. The molecule has 0 aromatic heterocycles. The molecule has 51 heavy (non-hydrogen) atoms. The first kappa shape index (κ1) is 38.0. The first-order valence-corrected chi connectivity index (χ1v) is 18.9. The summed E-state index contributed by atoms with van der Waals surface area (Å²) in [6.07, 6.45) is 2.64. The maximum Gasteiger partial charge on any atom is 0.315 e. The molecule has 5 atom stereocenters. The molecule has 276 valence electrons. The highest BCUT2D eigenvalue weighted by Crippen LogP contribution is 2.47. The molecule has 0 spiro atoms. The lowest BCUT2D eigenvalue weighted by Crippen LogP contribution is -2.61. The van der Waals surface area contributed by atoms with Crippen LogP contribution in [0.2, 0.25) is 0 Å². The van der Waals surface area contributed by atoms with Gasteiger partial charge >= 0.3 is 6.03 Å². The lowest BCUT2D eigenvalue weighted by molar-refractivity contribution is -0.143. The van der Waals surface area contributed by atoms with Gasteiger partial charge in [0.05, 0.1) is 11.8 Å². The Hall–Kier alpha value is -4.23. The molecule has 0 radical (unpaired) electrons. The van der Waals surface area contributed by atoms with Gasteiger partial charge in [0.15, 0.2) is 0 Å². The monoisotopic (exact) mass is 721 g/mol. The van der Waals surface area contributed by atoms with Crippen molar-refractivity contribution in [1.29, 1.82) is 0 Å². The molecule has 2 saturated carbocycles. The van der Waals surface area contributed by atoms with Gasteiger partial charge in [-0.25, -0.2) is 13.2 Å². The highest BCUT2D eigenvalue weighted by molar-refractivity contribution is 7.91. The van der Waals surface area contributed by atoms with Crippen molar-refractivity contribution in [2.45, 2.75) is 101 Å². The minimum absolute atomic E-state index is 0.0274. The van der Waals surface area contributed by atoms with Crippen molar-refractivity contribution in [3.8, 4) is 11.1 Å². The minimum atomic E-state index is -3.89. The first-order valence-electron chi connectivity index (χ1n) is 17.4. The summed E-state index contributed by atoms with van der Waals surface area (Å²) >= 11 is 0. The summed E-state index contributed by atoms with van der Waals surface area (Å²) in [5, 5.41) is 7.88. The molecule has 3 aliphatic rings. The Bertz CT molecular complexity index is 1780. The van der Waals surface area contributed by atoms with Gasteiger partial charge in [0, 0.05) is 25.0 Å². The Balaban J connectivity index is 1.50. The van der Waals surface area contributed by atoms with E-state index < -0.39 is 79.1 Å². The maximum absolute atomic E-state index is 14.7. The Morgan fingerprint density at radius 2 is 1.55 bits per heavy atom. The number of ether oxygens (including phenoxy) is 1. The smallest absolute Gasteiger partial charge is 0.315 e. The molecular formula is C38H51N5O7S. The predicted octanol–water partition coefficient (Wildman–Crippen LogP) is 3.98. The average molecular weight is 722 g/mol. The van der Waals surface area contributed by atoms with Crippen LogP contribution < -0.4 is 20.7 Å². The van der Waals surface area contributed by atoms with Gasteiger partial charge < -0.3 is 25.6 Å². The zero-order valence-electron chi connectivity index (χ0n) is 30.5. The quantitative estimate of drug-likeness (QED) is 0.255. The zero-order valence-corrected chi connectivity index (χ0v) is 31.4. The standard InChI is InChI=1S/C38H51N5O7S/c1-9-26-21-38(26,33(46)42-51(48,49)28-19-20-28)40-31(44)29-22-37(50-8,27-17-15-25(16-18-27)24-13-11-10-12-14-24)23-43(29)32(45)30(35(2,3)4)39-34(47)41-36(5,6)7/h9-18,26,28-30H,1,19-23H2,2-8H3,(H,40,44)(H,42,46)(H2,39,41,47)/t26-,29+,30?,37+,38-/m1/s1. The van der Waals surface area contributed by atoms with Crippen LogP contribution in [0.5, 0.6) is 0 Å². The lowest BCUT2D eigenvalue weighted by atomic mass is 9.85. The molecule has 1 unspecified atom stereocenters. The van der Waals surface area contributed by atoms with Crippen LogP contribution >= 0.6 is 0 Å². The van der Waals surface area contributed by atoms with Gasteiger partial charge in [-0.15, -0.1) is 6.58 Å². The molecule has 2 aromatic rings. The second-order valence-electron chi connectivity index (χ2n) is 16.2. The average Bonchev–Trinajstić information content (AvgIpc) is 3.99. The molecule has 1 saturated heterocycles. The van der Waals surface area contributed by atoms with E-state index in [4.69, 9.17) is 4.74 Å². The van der Waals surface area contributed by atoms with E-state index in [-0.39, 0.29) is 19.4 Å². The van der Waals surface area contributed by atoms with Gasteiger partial charge in [-0.2, -0.15) is 0 Å². The number of likely N-dealkylation sites (tertiary alicyclic amines) is 1. The third kappa shape index (κ3) is 8.14. The molecule has 5 amide bonds. The molecule has 1 aliphatic heterocycles. The van der Waals surface area contributed by atoms with Crippen LogP contribution in [0.1, 0.15) is 72.8 Å². The fourth-order valence-electron chi connectivity index (χ4n) is 6.75. The molecule has 5 rings (SSSR count).